The van der Waals surface area contributed by atoms with Crippen molar-refractivity contribution in [2.45, 2.75) is 83.7 Å². The van der Waals surface area contributed by atoms with E-state index in [1.165, 1.54) is 13.1 Å². The summed E-state index contributed by atoms with van der Waals surface area (Å²) in [5.74, 6) is -4.63. The van der Waals surface area contributed by atoms with Gasteiger partial charge >= 0.3 is 17.9 Å². The Morgan fingerprint density at radius 3 is 1.90 bits per heavy atom. The number of rotatable bonds is 26. The van der Waals surface area contributed by atoms with E-state index in [-0.39, 0.29) is 146 Å². The van der Waals surface area contributed by atoms with Crippen LogP contribution in [0, 0.1) is 20.8 Å². The maximum Gasteiger partial charge on any atom is 0.317 e. The van der Waals surface area contributed by atoms with Crippen molar-refractivity contribution >= 4 is 68.7 Å². The molecule has 3 heterocycles. The molecule has 1 radical (unpaired) electrons. The molecule has 1 saturated heterocycles. The van der Waals surface area contributed by atoms with Gasteiger partial charge < -0.3 is 45.6 Å². The van der Waals surface area contributed by atoms with Gasteiger partial charge in [0.25, 0.3) is 5.91 Å². The van der Waals surface area contributed by atoms with Gasteiger partial charge in [0, 0.05) is 135 Å². The number of carboxylic acid groups (broad SMARTS) is 3. The number of hydrogen-bond donors (Lipinski definition) is 9. The van der Waals surface area contributed by atoms with Gasteiger partial charge in [0.05, 0.1) is 42.1 Å². The number of benzene rings is 2. The SMILES string of the molecule is CC[C@H](NC(C=O)N1CCN(CC(=O)O)CCN(CC(=O)O)CCN(CC(=O)O)CC1)C(=O)NCCCn1cc(C(=O)NCC(NS(=O)(=O)c2c(C)cc(C)cc2C)C(C)=O)c(=O)c2ccc(CNc3ncc[nH]3)cc21.[Y]. The van der Waals surface area contributed by atoms with Crippen molar-refractivity contribution in [3.63, 3.8) is 0 Å². The zero-order chi connectivity index (χ0) is 55.7. The number of nitrogens with one attached hydrogen (secondary N) is 6. The number of anilines is 1. The van der Waals surface area contributed by atoms with E-state index in [4.69, 9.17) is 0 Å². The minimum Gasteiger partial charge on any atom is -0.480 e. The first-order valence-electron chi connectivity index (χ1n) is 24.9. The maximum absolute atomic E-state index is 14.0. The topological polar surface area (TPSA) is 338 Å². The number of carbonyl (C=O) groups is 7. The van der Waals surface area contributed by atoms with Gasteiger partial charge in [-0.25, -0.2) is 13.4 Å². The smallest absolute Gasteiger partial charge is 0.317 e. The monoisotopic (exact) mass is 1170 g/mol. The first kappa shape index (κ1) is 63.7. The fraction of sp³-hybridized carbons (Fsp3) is 0.500. The Labute approximate surface area is 471 Å². The molecule has 3 atom stereocenters. The minimum atomic E-state index is -4.22. The summed E-state index contributed by atoms with van der Waals surface area (Å²) < 4.78 is 31.3. The number of hydrogen-bond acceptors (Lipinski definition) is 17. The number of fused-ring (bicyclic) bond motifs is 1. The van der Waals surface area contributed by atoms with E-state index in [0.717, 1.165) is 11.1 Å². The van der Waals surface area contributed by atoms with Gasteiger partial charge in [-0.1, -0.05) is 30.7 Å². The van der Waals surface area contributed by atoms with Crippen molar-refractivity contribution in [3.05, 3.63) is 87.0 Å². The van der Waals surface area contributed by atoms with Crippen LogP contribution in [0.5, 0.6) is 0 Å². The van der Waals surface area contributed by atoms with E-state index in [1.807, 2.05) is 6.92 Å². The van der Waals surface area contributed by atoms with Crippen LogP contribution in [-0.4, -0.2) is 203 Å². The molecule has 77 heavy (non-hydrogen) atoms. The first-order valence-corrected chi connectivity index (χ1v) is 26.4. The van der Waals surface area contributed by atoms with E-state index in [9.17, 15) is 62.1 Å². The van der Waals surface area contributed by atoms with Crippen LogP contribution >= 0.6 is 0 Å². The van der Waals surface area contributed by atoms with Crippen LogP contribution in [0.3, 0.4) is 0 Å². The number of aromatic nitrogens is 3. The average molecular weight is 1170 g/mol. The van der Waals surface area contributed by atoms with Crippen LogP contribution in [0.15, 0.2) is 58.6 Å². The molecular weight excluding hydrogens is 1100 g/mol. The van der Waals surface area contributed by atoms with Crippen molar-refractivity contribution in [1.29, 1.82) is 0 Å². The number of aryl methyl sites for hydroxylation is 4. The Morgan fingerprint density at radius 1 is 0.818 bits per heavy atom. The first-order chi connectivity index (χ1) is 36.1. The molecule has 1 aliphatic heterocycles. The Hall–Kier alpha value is -5.84. The van der Waals surface area contributed by atoms with Crippen molar-refractivity contribution in [3.8, 4) is 0 Å². The second-order valence-corrected chi connectivity index (χ2v) is 20.5. The number of ketones is 1. The number of imidazole rings is 1. The van der Waals surface area contributed by atoms with Gasteiger partial charge in [-0.3, -0.25) is 58.5 Å². The number of aromatic amines is 1. The summed E-state index contributed by atoms with van der Waals surface area (Å²) in [6.45, 7) is 8.52. The summed E-state index contributed by atoms with van der Waals surface area (Å²) in [6.07, 6.45) is 4.72. The second-order valence-electron chi connectivity index (χ2n) is 18.8. The molecule has 417 valence electrons. The predicted octanol–water partition coefficient (Wildman–Crippen LogP) is -0.200. The predicted molar refractivity (Wildman–Crippen MR) is 280 cm³/mol. The van der Waals surface area contributed by atoms with Gasteiger partial charge in [0.15, 0.2) is 12.2 Å². The molecule has 27 heteroatoms. The number of aliphatic carboxylic acids is 3. The Bertz CT molecular complexity index is 2830. The van der Waals surface area contributed by atoms with Crippen LogP contribution in [-0.2, 0) is 84.6 Å². The molecule has 0 saturated carbocycles. The number of nitrogens with zero attached hydrogens (tertiary/aromatic N) is 6. The molecule has 2 aromatic heterocycles. The molecule has 5 rings (SSSR count). The van der Waals surface area contributed by atoms with Crippen molar-refractivity contribution in [2.24, 2.45) is 0 Å². The third kappa shape index (κ3) is 19.2. The zero-order valence-electron chi connectivity index (χ0n) is 44.0. The number of aldehydes is 1. The maximum atomic E-state index is 14.0. The fourth-order valence-corrected chi connectivity index (χ4v) is 10.8. The van der Waals surface area contributed by atoms with Crippen LogP contribution in [0.4, 0.5) is 5.95 Å². The van der Waals surface area contributed by atoms with E-state index in [2.05, 4.69) is 36.0 Å². The second kappa shape index (κ2) is 30.3. The molecule has 1 aliphatic rings. The summed E-state index contributed by atoms with van der Waals surface area (Å²) in [6, 6.07) is 6.26. The van der Waals surface area contributed by atoms with Gasteiger partial charge in [0.1, 0.15) is 17.5 Å². The molecular formula is C50H70N12O13SY. The Balaban J connectivity index is 0.0000128. The number of carboxylic acids is 3. The fourth-order valence-electron chi connectivity index (χ4n) is 9.11. The molecule has 2 unspecified atom stereocenters. The summed E-state index contributed by atoms with van der Waals surface area (Å²) in [5, 5.41) is 40.7. The van der Waals surface area contributed by atoms with Crippen LogP contribution in [0.1, 0.15) is 59.3 Å². The van der Waals surface area contributed by atoms with Gasteiger partial charge in [-0.15, -0.1) is 0 Å². The third-order valence-corrected chi connectivity index (χ3v) is 14.7. The normalized spacial score (nSPS) is 15.7. The van der Waals surface area contributed by atoms with Crippen molar-refractivity contribution < 1.29 is 90.0 Å². The molecule has 9 N–H and O–H groups in total. The number of carbonyl (C=O) groups excluding carboxylic acids is 4. The number of amides is 2. The summed E-state index contributed by atoms with van der Waals surface area (Å²) >= 11 is 0. The Kier molecular flexibility index (Phi) is 25.1. The molecule has 25 nitrogen and oxygen atoms in total. The number of pyridine rings is 1. The van der Waals surface area contributed by atoms with E-state index < -0.39 is 75.8 Å². The largest absolute Gasteiger partial charge is 0.480 e. The number of sulfonamides is 1. The minimum absolute atomic E-state index is 0. The van der Waals surface area contributed by atoms with E-state index >= 15 is 0 Å². The molecule has 4 aromatic rings. The van der Waals surface area contributed by atoms with Gasteiger partial charge in [0.2, 0.25) is 21.4 Å². The average Bonchev–Trinajstić information content (AvgIpc) is 3.88. The summed E-state index contributed by atoms with van der Waals surface area (Å²) in [5.41, 5.74) is 2.17. The number of Topliss-reactive ketones (excluding diaryl/α,β-unsaturated/α-hetero) is 1. The van der Waals surface area contributed by atoms with Crippen molar-refractivity contribution in [2.75, 3.05) is 90.4 Å². The van der Waals surface area contributed by atoms with Gasteiger partial charge in [-0.2, -0.15) is 4.72 Å². The molecule has 2 amide bonds. The molecule has 0 bridgehead atoms. The van der Waals surface area contributed by atoms with Crippen molar-refractivity contribution in [1.82, 2.24) is 54.8 Å². The Morgan fingerprint density at radius 2 is 1.39 bits per heavy atom. The van der Waals surface area contributed by atoms with E-state index in [0.29, 0.717) is 35.4 Å². The number of H-pyrrole nitrogens is 1. The van der Waals surface area contributed by atoms with E-state index in [1.54, 1.807) is 87.7 Å². The quantitative estimate of drug-likeness (QED) is 0.0290. The molecule has 0 spiro atoms. The summed E-state index contributed by atoms with van der Waals surface area (Å²) in [4.78, 5) is 116. The zero-order valence-corrected chi connectivity index (χ0v) is 47.7. The van der Waals surface area contributed by atoms with Crippen LogP contribution < -0.4 is 31.4 Å². The van der Waals surface area contributed by atoms with Gasteiger partial charge in [-0.05, 0) is 69.4 Å². The standard InChI is InChI=1S/C50H70N12O13S.Y/c1-6-39(56-42(31-63)61-20-18-59(29-44(67)68)16-14-58(28-43(65)66)15-17-60(19-21-61)30-45(69)70)49(73)51-10-7-13-62-27-38(46(71)37-9-8-36(24-41(37)62)25-55-50-52-11-12-53-50)48(72)54-26-40(35(5)64)57-76(74,75)47-33(3)22-32(2)23-34(47)4;/h8-9,11-12,22-24,27,31,39-40,42,56-57H,6-7,10,13-21,25-26,28-30H2,1-5H3,(H,51,73)(H,54,72)(H,65,66)(H,67,68)(H,69,70)(H2,52,53,55);/t39-,40?,42?;/m0./s1. The summed E-state index contributed by atoms with van der Waals surface area (Å²) in [7, 11) is -4.22. The molecule has 1 fully saturated rings. The molecule has 0 aliphatic carbocycles. The van der Waals surface area contributed by atoms with Crippen LogP contribution in [0.25, 0.3) is 10.9 Å². The van der Waals surface area contributed by atoms with Crippen LogP contribution in [0.2, 0.25) is 0 Å². The third-order valence-electron chi connectivity index (χ3n) is 12.9. The molecule has 2 aromatic carbocycles.